The van der Waals surface area contributed by atoms with Crippen LogP contribution in [0, 0.1) is 0 Å². The third-order valence-electron chi connectivity index (χ3n) is 1.78. The van der Waals surface area contributed by atoms with Crippen molar-refractivity contribution < 1.29 is 0 Å². The summed E-state index contributed by atoms with van der Waals surface area (Å²) in [6, 6.07) is 0. The summed E-state index contributed by atoms with van der Waals surface area (Å²) < 4.78 is 1.02. The number of nitrogens with zero attached hydrogens (tertiary/aromatic N) is 3. The van der Waals surface area contributed by atoms with E-state index in [1.807, 2.05) is 25.3 Å². The summed E-state index contributed by atoms with van der Waals surface area (Å²) >= 11 is 2.99. The van der Waals surface area contributed by atoms with Gasteiger partial charge in [-0.05, 0) is 0 Å². The van der Waals surface area contributed by atoms with Crippen molar-refractivity contribution in [1.29, 1.82) is 0 Å². The van der Waals surface area contributed by atoms with Crippen LogP contribution in [0.5, 0.6) is 0 Å². The van der Waals surface area contributed by atoms with E-state index in [0.29, 0.717) is 0 Å². The zero-order chi connectivity index (χ0) is 8.97. The fourth-order valence-corrected chi connectivity index (χ4v) is 1.64. The van der Waals surface area contributed by atoms with Gasteiger partial charge in [-0.1, -0.05) is 0 Å². The first-order valence-corrected chi connectivity index (χ1v) is 5.05. The molecule has 0 atom stereocenters. The van der Waals surface area contributed by atoms with Crippen LogP contribution in [0.3, 0.4) is 0 Å². The Morgan fingerprint density at radius 2 is 2.00 bits per heavy atom. The second-order valence-electron chi connectivity index (χ2n) is 3.18. The molecule has 1 saturated heterocycles. The standard InChI is InChI=1S/C8H15N3Se/c1-10(2)7-9-8(12)11-5-3-4-6-11/h7H,3-6H2,1-2H3/b9-7+. The fourth-order valence-electron chi connectivity index (χ4n) is 1.15. The van der Waals surface area contributed by atoms with Crippen molar-refractivity contribution in [3.63, 3.8) is 0 Å². The van der Waals surface area contributed by atoms with Gasteiger partial charge in [-0.25, -0.2) is 0 Å². The number of aliphatic imine (C=N–C) groups is 1. The molecule has 0 amide bonds. The molecule has 0 aromatic heterocycles. The Morgan fingerprint density at radius 3 is 2.50 bits per heavy atom. The van der Waals surface area contributed by atoms with Crippen LogP contribution in [0.15, 0.2) is 4.99 Å². The summed E-state index contributed by atoms with van der Waals surface area (Å²) in [6.45, 7) is 2.29. The maximum absolute atomic E-state index is 4.29. The molecule has 1 aliphatic heterocycles. The number of likely N-dealkylation sites (tertiary alicyclic amines) is 1. The zero-order valence-corrected chi connectivity index (χ0v) is 9.37. The Hall–Kier alpha value is -0.341. The van der Waals surface area contributed by atoms with Crippen LogP contribution < -0.4 is 0 Å². The molecule has 1 rings (SSSR count). The summed E-state index contributed by atoms with van der Waals surface area (Å²) in [5, 5.41) is 0. The molecule has 0 aromatic carbocycles. The Bertz CT molecular complexity index is 183. The Morgan fingerprint density at radius 1 is 1.42 bits per heavy atom. The van der Waals surface area contributed by atoms with Gasteiger partial charge < -0.3 is 0 Å². The van der Waals surface area contributed by atoms with Crippen LogP contribution in [0.4, 0.5) is 0 Å². The van der Waals surface area contributed by atoms with Crippen molar-refractivity contribution >= 4 is 26.6 Å². The summed E-state index contributed by atoms with van der Waals surface area (Å²) in [5.74, 6) is 0. The van der Waals surface area contributed by atoms with Crippen molar-refractivity contribution in [1.82, 2.24) is 9.80 Å². The molecule has 12 heavy (non-hydrogen) atoms. The first-order valence-electron chi connectivity index (χ1n) is 4.19. The van der Waals surface area contributed by atoms with Crippen molar-refractivity contribution in [3.8, 4) is 0 Å². The molecule has 0 unspecified atom stereocenters. The topological polar surface area (TPSA) is 18.8 Å². The number of hydrogen-bond donors (Lipinski definition) is 0. The van der Waals surface area contributed by atoms with Crippen LogP contribution >= 0.6 is 0 Å². The van der Waals surface area contributed by atoms with E-state index in [1.165, 1.54) is 12.8 Å². The van der Waals surface area contributed by atoms with Crippen molar-refractivity contribution in [3.05, 3.63) is 0 Å². The molecule has 4 heteroatoms. The van der Waals surface area contributed by atoms with E-state index < -0.39 is 0 Å². The average molecular weight is 232 g/mol. The predicted octanol–water partition coefficient (Wildman–Crippen LogP) is -0.0720. The first-order chi connectivity index (χ1) is 5.70. The van der Waals surface area contributed by atoms with Gasteiger partial charge in [0.05, 0.1) is 0 Å². The summed E-state index contributed by atoms with van der Waals surface area (Å²) in [5.41, 5.74) is 0. The molecule has 0 aromatic rings. The van der Waals surface area contributed by atoms with Crippen molar-refractivity contribution in [2.45, 2.75) is 12.8 Å². The minimum atomic E-state index is 1.02. The molecule has 0 N–H and O–H groups in total. The second kappa shape index (κ2) is 4.63. The molecule has 0 spiro atoms. The zero-order valence-electron chi connectivity index (χ0n) is 7.66. The fraction of sp³-hybridized carbons (Fsp3) is 0.750. The normalized spacial score (nSPS) is 17.3. The molecule has 1 fully saturated rings. The summed E-state index contributed by atoms with van der Waals surface area (Å²) in [7, 11) is 3.95. The Labute approximate surface area is 81.8 Å². The van der Waals surface area contributed by atoms with Crippen LogP contribution in [0.1, 0.15) is 12.8 Å². The van der Waals surface area contributed by atoms with E-state index in [-0.39, 0.29) is 0 Å². The number of hydrogen-bond acceptors (Lipinski definition) is 2. The molecular weight excluding hydrogens is 217 g/mol. The van der Waals surface area contributed by atoms with Gasteiger partial charge in [-0.2, -0.15) is 0 Å². The van der Waals surface area contributed by atoms with Crippen molar-refractivity contribution in [2.24, 2.45) is 4.99 Å². The van der Waals surface area contributed by atoms with Gasteiger partial charge in [0, 0.05) is 0 Å². The molecule has 0 radical (unpaired) electrons. The molecule has 0 bridgehead atoms. The third-order valence-corrected chi connectivity index (χ3v) is 2.54. The van der Waals surface area contributed by atoms with E-state index in [4.69, 9.17) is 0 Å². The Kier molecular flexibility index (Phi) is 3.76. The van der Waals surface area contributed by atoms with E-state index in [2.05, 4.69) is 25.5 Å². The summed E-state index contributed by atoms with van der Waals surface area (Å²) in [6.07, 6.45) is 4.41. The quantitative estimate of drug-likeness (QED) is 0.385. The predicted molar refractivity (Wildman–Crippen MR) is 53.7 cm³/mol. The van der Waals surface area contributed by atoms with Gasteiger partial charge >= 0.3 is 81.4 Å². The first kappa shape index (κ1) is 9.75. The van der Waals surface area contributed by atoms with Gasteiger partial charge in [0.25, 0.3) is 0 Å². The molecule has 0 aliphatic carbocycles. The van der Waals surface area contributed by atoms with Gasteiger partial charge in [0.2, 0.25) is 0 Å². The molecule has 0 saturated carbocycles. The van der Waals surface area contributed by atoms with E-state index in [1.54, 1.807) is 0 Å². The molecule has 1 heterocycles. The summed E-state index contributed by atoms with van der Waals surface area (Å²) in [4.78, 5) is 8.51. The van der Waals surface area contributed by atoms with Crippen molar-refractivity contribution in [2.75, 3.05) is 27.2 Å². The molecule has 68 valence electrons. The Balaban J connectivity index is 2.36. The molecule has 1 aliphatic rings. The minimum absolute atomic E-state index is 1.02. The van der Waals surface area contributed by atoms with Crippen LogP contribution in [0.2, 0.25) is 0 Å². The molecule has 3 nitrogen and oxygen atoms in total. The van der Waals surface area contributed by atoms with Crippen LogP contribution in [-0.2, 0) is 0 Å². The third kappa shape index (κ3) is 2.95. The van der Waals surface area contributed by atoms with E-state index >= 15 is 0 Å². The van der Waals surface area contributed by atoms with Gasteiger partial charge in [-0.15, -0.1) is 0 Å². The maximum atomic E-state index is 4.29. The van der Waals surface area contributed by atoms with Gasteiger partial charge in [0.1, 0.15) is 0 Å². The van der Waals surface area contributed by atoms with Crippen LogP contribution in [-0.4, -0.2) is 63.6 Å². The van der Waals surface area contributed by atoms with E-state index in [9.17, 15) is 0 Å². The molecular formula is C8H15N3Se. The van der Waals surface area contributed by atoms with Gasteiger partial charge in [0.15, 0.2) is 0 Å². The van der Waals surface area contributed by atoms with Crippen LogP contribution in [0.25, 0.3) is 0 Å². The SMILES string of the molecule is CN(C)/C=N/C(=[Se])N1CCCC1. The second-order valence-corrected chi connectivity index (χ2v) is 3.95. The monoisotopic (exact) mass is 233 g/mol. The average Bonchev–Trinajstić information content (AvgIpc) is 2.51. The number of rotatable bonds is 3. The van der Waals surface area contributed by atoms with Gasteiger partial charge in [-0.3, -0.25) is 0 Å². The van der Waals surface area contributed by atoms with E-state index in [0.717, 1.165) is 17.8 Å².